The molecule has 0 radical (unpaired) electrons. The molecule has 2 aromatic rings. The first-order valence-electron chi connectivity index (χ1n) is 6.04. The molecule has 0 fully saturated rings. The second-order valence-corrected chi connectivity index (χ2v) is 4.16. The number of hydrogen-bond acceptors (Lipinski definition) is 3. The van der Waals surface area contributed by atoms with E-state index in [2.05, 4.69) is 10.3 Å². The summed E-state index contributed by atoms with van der Waals surface area (Å²) >= 11 is 0. The first-order valence-corrected chi connectivity index (χ1v) is 6.04. The molecule has 0 atom stereocenters. The SMILES string of the molecule is COc1ccccc1CNC(=O)c1cccc(C)n1. The standard InChI is InChI=1S/C15H16N2O2/c1-11-6-5-8-13(17-11)15(18)16-10-12-7-3-4-9-14(12)19-2/h3-9H,10H2,1-2H3,(H,16,18). The summed E-state index contributed by atoms with van der Waals surface area (Å²) in [6.45, 7) is 2.27. The fraction of sp³-hybridized carbons (Fsp3) is 0.200. The van der Waals surface area contributed by atoms with Crippen molar-refractivity contribution in [1.29, 1.82) is 0 Å². The fourth-order valence-corrected chi connectivity index (χ4v) is 1.78. The minimum Gasteiger partial charge on any atom is -0.496 e. The Morgan fingerprint density at radius 1 is 1.21 bits per heavy atom. The summed E-state index contributed by atoms with van der Waals surface area (Å²) in [7, 11) is 1.61. The molecule has 98 valence electrons. The highest BCUT2D eigenvalue weighted by molar-refractivity contribution is 5.92. The Morgan fingerprint density at radius 2 is 2.00 bits per heavy atom. The van der Waals surface area contributed by atoms with E-state index in [1.807, 2.05) is 43.3 Å². The van der Waals surface area contributed by atoms with E-state index >= 15 is 0 Å². The number of para-hydroxylation sites is 1. The molecule has 0 bridgehead atoms. The molecule has 2 rings (SSSR count). The van der Waals surface area contributed by atoms with Crippen molar-refractivity contribution in [1.82, 2.24) is 10.3 Å². The number of hydrogen-bond donors (Lipinski definition) is 1. The number of aryl methyl sites for hydroxylation is 1. The average molecular weight is 256 g/mol. The third-order valence-electron chi connectivity index (χ3n) is 2.75. The summed E-state index contributed by atoms with van der Waals surface area (Å²) in [4.78, 5) is 16.1. The van der Waals surface area contributed by atoms with Gasteiger partial charge in [0, 0.05) is 17.8 Å². The largest absolute Gasteiger partial charge is 0.496 e. The molecule has 0 unspecified atom stereocenters. The topological polar surface area (TPSA) is 51.2 Å². The van der Waals surface area contributed by atoms with E-state index in [-0.39, 0.29) is 5.91 Å². The summed E-state index contributed by atoms with van der Waals surface area (Å²) in [6, 6.07) is 13.0. The van der Waals surface area contributed by atoms with Crippen molar-refractivity contribution in [3.05, 3.63) is 59.4 Å². The van der Waals surface area contributed by atoms with Gasteiger partial charge >= 0.3 is 0 Å². The molecule has 0 aliphatic carbocycles. The predicted molar refractivity (Wildman–Crippen MR) is 73.1 cm³/mol. The van der Waals surface area contributed by atoms with Gasteiger partial charge in [0.1, 0.15) is 11.4 Å². The lowest BCUT2D eigenvalue weighted by Gasteiger charge is -2.09. The van der Waals surface area contributed by atoms with Crippen molar-refractivity contribution in [3.8, 4) is 5.75 Å². The van der Waals surface area contributed by atoms with E-state index in [0.29, 0.717) is 12.2 Å². The van der Waals surface area contributed by atoms with Crippen molar-refractivity contribution < 1.29 is 9.53 Å². The van der Waals surface area contributed by atoms with Crippen LogP contribution in [0.25, 0.3) is 0 Å². The van der Waals surface area contributed by atoms with Gasteiger partial charge in [0.25, 0.3) is 5.91 Å². The van der Waals surface area contributed by atoms with E-state index in [1.165, 1.54) is 0 Å². The van der Waals surface area contributed by atoms with Crippen LogP contribution in [0, 0.1) is 6.92 Å². The van der Waals surface area contributed by atoms with Gasteiger partial charge in [-0.15, -0.1) is 0 Å². The highest BCUT2D eigenvalue weighted by Gasteiger charge is 2.08. The lowest BCUT2D eigenvalue weighted by molar-refractivity contribution is 0.0945. The summed E-state index contributed by atoms with van der Waals surface area (Å²) in [5.74, 6) is 0.578. The maximum absolute atomic E-state index is 12.0. The third kappa shape index (κ3) is 3.31. The van der Waals surface area contributed by atoms with Crippen molar-refractivity contribution in [2.45, 2.75) is 13.5 Å². The Morgan fingerprint density at radius 3 is 2.74 bits per heavy atom. The fourth-order valence-electron chi connectivity index (χ4n) is 1.78. The van der Waals surface area contributed by atoms with E-state index in [1.54, 1.807) is 13.2 Å². The minimum atomic E-state index is -0.186. The molecule has 1 aromatic heterocycles. The maximum atomic E-state index is 12.0. The summed E-state index contributed by atoms with van der Waals surface area (Å²) < 4.78 is 5.24. The van der Waals surface area contributed by atoms with Crippen molar-refractivity contribution in [2.24, 2.45) is 0 Å². The highest BCUT2D eigenvalue weighted by atomic mass is 16.5. The van der Waals surface area contributed by atoms with Gasteiger partial charge in [-0.05, 0) is 25.1 Å². The first-order chi connectivity index (χ1) is 9.20. The molecule has 0 saturated heterocycles. The van der Waals surface area contributed by atoms with Crippen LogP contribution in [0.15, 0.2) is 42.5 Å². The van der Waals surface area contributed by atoms with Gasteiger partial charge in [-0.1, -0.05) is 24.3 Å². The molecule has 1 amide bonds. The van der Waals surface area contributed by atoms with Gasteiger partial charge in [0.2, 0.25) is 0 Å². The molecular weight excluding hydrogens is 240 g/mol. The van der Waals surface area contributed by atoms with Crippen LogP contribution in [-0.2, 0) is 6.54 Å². The van der Waals surface area contributed by atoms with Gasteiger partial charge < -0.3 is 10.1 Å². The molecule has 4 heteroatoms. The van der Waals surface area contributed by atoms with Crippen molar-refractivity contribution in [3.63, 3.8) is 0 Å². The summed E-state index contributed by atoms with van der Waals surface area (Å²) in [6.07, 6.45) is 0. The molecule has 0 aliphatic rings. The second kappa shape index (κ2) is 6.00. The molecule has 4 nitrogen and oxygen atoms in total. The van der Waals surface area contributed by atoms with Crippen LogP contribution in [-0.4, -0.2) is 18.0 Å². The van der Waals surface area contributed by atoms with Gasteiger partial charge in [0.05, 0.1) is 7.11 Å². The summed E-state index contributed by atoms with van der Waals surface area (Å²) in [5.41, 5.74) is 2.19. The quantitative estimate of drug-likeness (QED) is 0.913. The van der Waals surface area contributed by atoms with Crippen LogP contribution in [0.4, 0.5) is 0 Å². The Kier molecular flexibility index (Phi) is 4.13. The number of nitrogens with zero attached hydrogens (tertiary/aromatic N) is 1. The molecule has 1 heterocycles. The third-order valence-corrected chi connectivity index (χ3v) is 2.75. The van der Waals surface area contributed by atoms with Gasteiger partial charge in [0.15, 0.2) is 0 Å². The predicted octanol–water partition coefficient (Wildman–Crippen LogP) is 2.33. The number of benzene rings is 1. The number of carbonyl (C=O) groups is 1. The molecule has 0 aliphatic heterocycles. The smallest absolute Gasteiger partial charge is 0.270 e. The van der Waals surface area contributed by atoms with E-state index < -0.39 is 0 Å². The number of carbonyl (C=O) groups excluding carboxylic acids is 1. The van der Waals surface area contributed by atoms with Gasteiger partial charge in [-0.25, -0.2) is 4.98 Å². The van der Waals surface area contributed by atoms with E-state index in [4.69, 9.17) is 4.74 Å². The molecular formula is C15H16N2O2. The van der Waals surface area contributed by atoms with Crippen LogP contribution < -0.4 is 10.1 Å². The van der Waals surface area contributed by atoms with Crippen molar-refractivity contribution in [2.75, 3.05) is 7.11 Å². The maximum Gasteiger partial charge on any atom is 0.270 e. The number of amides is 1. The van der Waals surface area contributed by atoms with Crippen LogP contribution in [0.3, 0.4) is 0 Å². The van der Waals surface area contributed by atoms with Gasteiger partial charge in [-0.2, -0.15) is 0 Å². The number of rotatable bonds is 4. The Bertz CT molecular complexity index is 582. The van der Waals surface area contributed by atoms with Crippen LogP contribution >= 0.6 is 0 Å². The number of methoxy groups -OCH3 is 1. The molecule has 0 spiro atoms. The van der Waals surface area contributed by atoms with Crippen molar-refractivity contribution >= 4 is 5.91 Å². The average Bonchev–Trinajstić information content (AvgIpc) is 2.45. The zero-order chi connectivity index (χ0) is 13.7. The second-order valence-electron chi connectivity index (χ2n) is 4.16. The summed E-state index contributed by atoms with van der Waals surface area (Å²) in [5, 5.41) is 2.84. The Balaban J connectivity index is 2.04. The minimum absolute atomic E-state index is 0.186. The normalized spacial score (nSPS) is 10.0. The lowest BCUT2D eigenvalue weighted by Crippen LogP contribution is -2.24. The first kappa shape index (κ1) is 13.1. The zero-order valence-electron chi connectivity index (χ0n) is 11.0. The lowest BCUT2D eigenvalue weighted by atomic mass is 10.2. The number of aromatic nitrogens is 1. The molecule has 1 aromatic carbocycles. The van der Waals surface area contributed by atoms with Crippen LogP contribution in [0.5, 0.6) is 5.75 Å². The van der Waals surface area contributed by atoms with Crippen LogP contribution in [0.1, 0.15) is 21.7 Å². The van der Waals surface area contributed by atoms with Crippen LogP contribution in [0.2, 0.25) is 0 Å². The van der Waals surface area contributed by atoms with E-state index in [9.17, 15) is 4.79 Å². The number of pyridine rings is 1. The molecule has 1 N–H and O–H groups in total. The monoisotopic (exact) mass is 256 g/mol. The Labute approximate surface area is 112 Å². The molecule has 19 heavy (non-hydrogen) atoms. The van der Waals surface area contributed by atoms with Gasteiger partial charge in [-0.3, -0.25) is 4.79 Å². The van der Waals surface area contributed by atoms with E-state index in [0.717, 1.165) is 17.0 Å². The number of nitrogens with one attached hydrogen (secondary N) is 1. The zero-order valence-corrected chi connectivity index (χ0v) is 11.0. The Hall–Kier alpha value is -2.36. The number of ether oxygens (including phenoxy) is 1. The highest BCUT2D eigenvalue weighted by Crippen LogP contribution is 2.16. The molecule has 0 saturated carbocycles.